The molecule has 2 N–H and O–H groups in total. The lowest BCUT2D eigenvalue weighted by molar-refractivity contribution is -0.122. The van der Waals surface area contributed by atoms with Gasteiger partial charge in [0.15, 0.2) is 11.5 Å². The highest BCUT2D eigenvalue weighted by molar-refractivity contribution is 5.87. The van der Waals surface area contributed by atoms with E-state index in [4.69, 9.17) is 14.2 Å². The van der Waals surface area contributed by atoms with Gasteiger partial charge in [-0.15, -0.1) is 0 Å². The van der Waals surface area contributed by atoms with Crippen molar-refractivity contribution >= 4 is 27.7 Å². The van der Waals surface area contributed by atoms with Gasteiger partial charge in [-0.1, -0.05) is 0 Å². The molecule has 0 saturated carbocycles. The summed E-state index contributed by atoms with van der Waals surface area (Å²) >= 11 is 0. The highest BCUT2D eigenvalue weighted by Gasteiger charge is 2.26. The number of aromatic nitrogens is 3. The van der Waals surface area contributed by atoms with Crippen molar-refractivity contribution < 1.29 is 19.0 Å². The van der Waals surface area contributed by atoms with Gasteiger partial charge in [0.2, 0.25) is 5.91 Å². The van der Waals surface area contributed by atoms with Gasteiger partial charge in [0.05, 0.1) is 38.3 Å². The van der Waals surface area contributed by atoms with Gasteiger partial charge in [-0.2, -0.15) is 0 Å². The Bertz CT molecular complexity index is 1500. The molecule has 5 rings (SSSR count). The van der Waals surface area contributed by atoms with E-state index in [1.54, 1.807) is 26.2 Å². The maximum Gasteiger partial charge on any atom is 0.262 e. The van der Waals surface area contributed by atoms with Crippen LogP contribution in [0.15, 0.2) is 35.1 Å². The van der Waals surface area contributed by atoms with Crippen molar-refractivity contribution in [2.24, 2.45) is 0 Å². The highest BCUT2D eigenvalue weighted by Crippen LogP contribution is 2.36. The minimum atomic E-state index is -0.300. The zero-order valence-electron chi connectivity index (χ0n) is 20.2. The Balaban J connectivity index is 1.43. The number of methoxy groups -OCH3 is 3. The number of ether oxygens (including phenoxy) is 3. The number of carbonyl (C=O) groups is 1. The fourth-order valence-electron chi connectivity index (χ4n) is 4.94. The predicted octanol–water partition coefficient (Wildman–Crippen LogP) is 3.41. The summed E-state index contributed by atoms with van der Waals surface area (Å²) in [6, 6.07) is 9.06. The van der Waals surface area contributed by atoms with Crippen LogP contribution >= 0.6 is 0 Å². The summed E-state index contributed by atoms with van der Waals surface area (Å²) in [5.74, 6) is 1.94. The number of hydrogen-bond donors (Lipinski definition) is 2. The van der Waals surface area contributed by atoms with Crippen molar-refractivity contribution in [3.63, 3.8) is 0 Å². The van der Waals surface area contributed by atoms with Crippen LogP contribution in [0, 0.1) is 6.92 Å². The lowest BCUT2D eigenvalue weighted by Gasteiger charge is -2.24. The third-order valence-corrected chi connectivity index (χ3v) is 6.70. The summed E-state index contributed by atoms with van der Waals surface area (Å²) in [6.07, 6.45) is 2.72. The van der Waals surface area contributed by atoms with Gasteiger partial charge in [-0.05, 0) is 56.0 Å². The second-order valence-corrected chi connectivity index (χ2v) is 8.72. The maximum atomic E-state index is 13.2. The third-order valence-electron chi connectivity index (χ3n) is 6.70. The second-order valence-electron chi connectivity index (χ2n) is 8.72. The number of aromatic amines is 1. The number of rotatable bonds is 6. The van der Waals surface area contributed by atoms with Crippen LogP contribution in [0.25, 0.3) is 21.8 Å². The van der Waals surface area contributed by atoms with Crippen LogP contribution in [0.1, 0.15) is 36.0 Å². The summed E-state index contributed by atoms with van der Waals surface area (Å²) < 4.78 is 17.4. The number of amides is 1. The molecule has 4 aromatic rings. The Hall–Kier alpha value is -4.01. The van der Waals surface area contributed by atoms with E-state index < -0.39 is 0 Å². The summed E-state index contributed by atoms with van der Waals surface area (Å²) in [6.45, 7) is 1.59. The Morgan fingerprint density at radius 1 is 1.11 bits per heavy atom. The van der Waals surface area contributed by atoms with Crippen molar-refractivity contribution in [2.45, 2.75) is 38.8 Å². The van der Waals surface area contributed by atoms with E-state index in [1.165, 1.54) is 24.4 Å². The molecule has 0 radical (unpaired) electrons. The van der Waals surface area contributed by atoms with Crippen molar-refractivity contribution in [2.75, 3.05) is 21.3 Å². The first kappa shape index (κ1) is 22.8. The second kappa shape index (κ2) is 8.98. The van der Waals surface area contributed by atoms with Crippen molar-refractivity contribution in [1.82, 2.24) is 19.9 Å². The number of H-pyrrole nitrogens is 1. The Morgan fingerprint density at radius 3 is 2.63 bits per heavy atom. The number of fused-ring (bicyclic) bond motifs is 4. The molecule has 2 aromatic carbocycles. The molecule has 0 aliphatic heterocycles. The Morgan fingerprint density at radius 2 is 1.89 bits per heavy atom. The van der Waals surface area contributed by atoms with Crippen molar-refractivity contribution in [3.8, 4) is 17.2 Å². The summed E-state index contributed by atoms with van der Waals surface area (Å²) in [4.78, 5) is 34.4. The standard InChI is InChI=1S/C26H28N4O5/c1-14-27-21-12-23(35-4)22(34-3)11-18(21)26(32)30(14)13-24(31)28-20-7-5-6-16-17-10-15(33-2)8-9-19(17)29-25(16)20/h8-12,20,29H,5-7,13H2,1-4H3,(H,28,31). The van der Waals surface area contributed by atoms with Crippen LogP contribution in [-0.2, 0) is 17.8 Å². The average molecular weight is 477 g/mol. The lowest BCUT2D eigenvalue weighted by Crippen LogP contribution is -2.37. The number of aryl methyl sites for hydroxylation is 2. The van der Waals surface area contributed by atoms with Gasteiger partial charge >= 0.3 is 0 Å². The molecule has 0 spiro atoms. The molecular formula is C26H28N4O5. The number of carbonyl (C=O) groups excluding carboxylic acids is 1. The van der Waals surface area contributed by atoms with Crippen LogP contribution in [-0.4, -0.2) is 41.8 Å². The zero-order chi connectivity index (χ0) is 24.7. The molecule has 0 fully saturated rings. The number of benzene rings is 2. The molecule has 2 heterocycles. The zero-order valence-corrected chi connectivity index (χ0v) is 20.2. The molecule has 1 unspecified atom stereocenters. The van der Waals surface area contributed by atoms with E-state index in [2.05, 4.69) is 15.3 Å². The fraction of sp³-hybridized carbons (Fsp3) is 0.346. The minimum Gasteiger partial charge on any atom is -0.497 e. The van der Waals surface area contributed by atoms with Gasteiger partial charge in [-0.25, -0.2) is 4.98 Å². The van der Waals surface area contributed by atoms with E-state index in [0.29, 0.717) is 28.2 Å². The quantitative estimate of drug-likeness (QED) is 0.442. The fourth-order valence-corrected chi connectivity index (χ4v) is 4.94. The predicted molar refractivity (Wildman–Crippen MR) is 133 cm³/mol. The summed E-state index contributed by atoms with van der Waals surface area (Å²) in [5, 5.41) is 4.61. The topological polar surface area (TPSA) is 107 Å². The van der Waals surface area contributed by atoms with Crippen LogP contribution in [0.4, 0.5) is 0 Å². The Kier molecular flexibility index (Phi) is 5.84. The highest BCUT2D eigenvalue weighted by atomic mass is 16.5. The first-order chi connectivity index (χ1) is 16.9. The maximum absolute atomic E-state index is 13.2. The molecule has 1 aliphatic rings. The smallest absolute Gasteiger partial charge is 0.262 e. The number of nitrogens with zero attached hydrogens (tertiary/aromatic N) is 2. The van der Waals surface area contributed by atoms with Crippen LogP contribution in [0.5, 0.6) is 17.2 Å². The molecule has 0 saturated heterocycles. The summed E-state index contributed by atoms with van der Waals surface area (Å²) in [7, 11) is 4.69. The van der Waals surface area contributed by atoms with Gasteiger partial charge in [0.1, 0.15) is 18.1 Å². The molecule has 9 heteroatoms. The van der Waals surface area contributed by atoms with Crippen molar-refractivity contribution in [3.05, 3.63) is 57.8 Å². The first-order valence-corrected chi connectivity index (χ1v) is 11.5. The third kappa shape index (κ3) is 3.96. The van der Waals surface area contributed by atoms with E-state index in [9.17, 15) is 9.59 Å². The average Bonchev–Trinajstić information content (AvgIpc) is 3.24. The lowest BCUT2D eigenvalue weighted by atomic mass is 9.91. The van der Waals surface area contributed by atoms with E-state index in [-0.39, 0.29) is 24.1 Å². The molecule has 1 aliphatic carbocycles. The minimum absolute atomic E-state index is 0.123. The molecule has 1 atom stereocenters. The van der Waals surface area contributed by atoms with Gasteiger partial charge in [-0.3, -0.25) is 14.2 Å². The molecule has 35 heavy (non-hydrogen) atoms. The molecule has 1 amide bonds. The van der Waals surface area contributed by atoms with Gasteiger partial charge in [0.25, 0.3) is 5.56 Å². The van der Waals surface area contributed by atoms with Crippen LogP contribution in [0.2, 0.25) is 0 Å². The monoisotopic (exact) mass is 476 g/mol. The van der Waals surface area contributed by atoms with E-state index in [1.807, 2.05) is 18.2 Å². The molecule has 0 bridgehead atoms. The number of hydrogen-bond acceptors (Lipinski definition) is 6. The Labute approximate surface area is 202 Å². The van der Waals surface area contributed by atoms with Crippen molar-refractivity contribution in [1.29, 1.82) is 0 Å². The normalized spacial score (nSPS) is 15.1. The first-order valence-electron chi connectivity index (χ1n) is 11.5. The molecule has 2 aromatic heterocycles. The number of nitrogens with one attached hydrogen (secondary N) is 2. The molecule has 9 nitrogen and oxygen atoms in total. The van der Waals surface area contributed by atoms with Gasteiger partial charge in [0, 0.05) is 22.7 Å². The largest absolute Gasteiger partial charge is 0.497 e. The molecular weight excluding hydrogens is 448 g/mol. The van der Waals surface area contributed by atoms with Crippen LogP contribution < -0.4 is 25.1 Å². The van der Waals surface area contributed by atoms with Crippen LogP contribution in [0.3, 0.4) is 0 Å². The summed E-state index contributed by atoms with van der Waals surface area (Å²) in [5.41, 5.74) is 3.44. The van der Waals surface area contributed by atoms with E-state index in [0.717, 1.165) is 41.6 Å². The van der Waals surface area contributed by atoms with Gasteiger partial charge < -0.3 is 24.5 Å². The molecule has 182 valence electrons. The SMILES string of the molecule is COc1ccc2[nH]c3c(c2c1)CCCC3NC(=O)Cn1c(C)nc2cc(OC)c(OC)cc2c1=O. The van der Waals surface area contributed by atoms with E-state index >= 15 is 0 Å².